The lowest BCUT2D eigenvalue weighted by molar-refractivity contribution is 0.0909. The highest BCUT2D eigenvalue weighted by atomic mass is 32.2. The SMILES string of the molecule is COCC(C)NC(=O)c1cc(S(N)(=O)=O)c(C)s1. The van der Waals surface area contributed by atoms with Crippen LogP contribution in [0.15, 0.2) is 11.0 Å². The maximum Gasteiger partial charge on any atom is 0.261 e. The summed E-state index contributed by atoms with van der Waals surface area (Å²) in [5.41, 5.74) is 0. The Morgan fingerprint density at radius 3 is 2.67 bits per heavy atom. The molecule has 1 aromatic rings. The minimum Gasteiger partial charge on any atom is -0.383 e. The fourth-order valence-electron chi connectivity index (χ4n) is 1.45. The van der Waals surface area contributed by atoms with Gasteiger partial charge in [0.05, 0.1) is 16.4 Å². The van der Waals surface area contributed by atoms with E-state index in [9.17, 15) is 13.2 Å². The number of aryl methyl sites for hydroxylation is 1. The summed E-state index contributed by atoms with van der Waals surface area (Å²) >= 11 is 1.10. The number of nitrogens with one attached hydrogen (secondary N) is 1. The van der Waals surface area contributed by atoms with Gasteiger partial charge in [-0.2, -0.15) is 0 Å². The van der Waals surface area contributed by atoms with E-state index in [1.807, 2.05) is 0 Å². The molecule has 0 fully saturated rings. The minimum atomic E-state index is -3.78. The van der Waals surface area contributed by atoms with Crippen LogP contribution in [0, 0.1) is 6.92 Å². The van der Waals surface area contributed by atoms with Crippen LogP contribution in [0.1, 0.15) is 21.5 Å². The monoisotopic (exact) mass is 292 g/mol. The number of nitrogens with two attached hydrogens (primary N) is 1. The van der Waals surface area contributed by atoms with Crippen LogP contribution in [0.25, 0.3) is 0 Å². The van der Waals surface area contributed by atoms with Gasteiger partial charge in [0.15, 0.2) is 0 Å². The van der Waals surface area contributed by atoms with Crippen molar-refractivity contribution in [3.8, 4) is 0 Å². The fourth-order valence-corrected chi connectivity index (χ4v) is 3.49. The Morgan fingerprint density at radius 1 is 1.61 bits per heavy atom. The fraction of sp³-hybridized carbons (Fsp3) is 0.500. The Kier molecular flexibility index (Phi) is 4.85. The molecule has 0 aliphatic carbocycles. The van der Waals surface area contributed by atoms with Crippen molar-refractivity contribution < 1.29 is 17.9 Å². The molecule has 8 heteroatoms. The highest BCUT2D eigenvalue weighted by molar-refractivity contribution is 7.89. The average Bonchev–Trinajstić information content (AvgIpc) is 2.60. The molecule has 18 heavy (non-hydrogen) atoms. The molecule has 0 saturated carbocycles. The first-order valence-corrected chi connectivity index (χ1v) is 7.55. The normalized spacial score (nSPS) is 13.3. The maximum absolute atomic E-state index is 11.8. The summed E-state index contributed by atoms with van der Waals surface area (Å²) in [7, 11) is -2.24. The number of ether oxygens (including phenoxy) is 1. The molecule has 1 atom stereocenters. The van der Waals surface area contributed by atoms with Gasteiger partial charge in [0.25, 0.3) is 5.91 Å². The number of amides is 1. The van der Waals surface area contributed by atoms with Gasteiger partial charge in [0.1, 0.15) is 0 Å². The van der Waals surface area contributed by atoms with Gasteiger partial charge in [-0.1, -0.05) is 0 Å². The molecule has 1 unspecified atom stereocenters. The third-order valence-corrected chi connectivity index (χ3v) is 4.41. The van der Waals surface area contributed by atoms with Crippen molar-refractivity contribution in [3.05, 3.63) is 15.8 Å². The number of carbonyl (C=O) groups excluding carboxylic acids is 1. The lowest BCUT2D eigenvalue weighted by Gasteiger charge is -2.11. The molecule has 1 rings (SSSR count). The van der Waals surface area contributed by atoms with E-state index in [0.717, 1.165) is 11.3 Å². The van der Waals surface area contributed by atoms with Crippen molar-refractivity contribution in [1.82, 2.24) is 5.32 Å². The molecule has 0 saturated heterocycles. The zero-order chi connectivity index (χ0) is 13.9. The number of rotatable bonds is 5. The second-order valence-corrected chi connectivity index (χ2v) is 6.69. The van der Waals surface area contributed by atoms with Crippen molar-refractivity contribution in [1.29, 1.82) is 0 Å². The molecule has 0 bridgehead atoms. The molecule has 0 radical (unpaired) electrons. The quantitative estimate of drug-likeness (QED) is 0.824. The largest absolute Gasteiger partial charge is 0.383 e. The van der Waals surface area contributed by atoms with Crippen LogP contribution in [0.2, 0.25) is 0 Å². The second-order valence-electron chi connectivity index (χ2n) is 3.91. The zero-order valence-corrected chi connectivity index (χ0v) is 12.0. The summed E-state index contributed by atoms with van der Waals surface area (Å²) in [5, 5.41) is 7.75. The molecule has 3 N–H and O–H groups in total. The van der Waals surface area contributed by atoms with Crippen molar-refractivity contribution in [2.75, 3.05) is 13.7 Å². The molecule has 0 aromatic carbocycles. The summed E-state index contributed by atoms with van der Waals surface area (Å²) in [4.78, 5) is 12.6. The van der Waals surface area contributed by atoms with Crippen LogP contribution in [0.3, 0.4) is 0 Å². The van der Waals surface area contributed by atoms with Crippen LogP contribution in [0.5, 0.6) is 0 Å². The second kappa shape index (κ2) is 5.79. The van der Waals surface area contributed by atoms with E-state index in [1.165, 1.54) is 13.2 Å². The molecule has 0 spiro atoms. The van der Waals surface area contributed by atoms with Crippen molar-refractivity contribution in [3.63, 3.8) is 0 Å². The van der Waals surface area contributed by atoms with E-state index in [1.54, 1.807) is 13.8 Å². The number of primary sulfonamides is 1. The predicted octanol–water partition coefficient (Wildman–Crippen LogP) is 0.469. The van der Waals surface area contributed by atoms with Gasteiger partial charge in [-0.25, -0.2) is 13.6 Å². The van der Waals surface area contributed by atoms with E-state index in [0.29, 0.717) is 16.4 Å². The number of hydrogen-bond acceptors (Lipinski definition) is 5. The molecule has 6 nitrogen and oxygen atoms in total. The summed E-state index contributed by atoms with van der Waals surface area (Å²) < 4.78 is 27.4. The Balaban J connectivity index is 2.89. The van der Waals surface area contributed by atoms with E-state index >= 15 is 0 Å². The molecule has 102 valence electrons. The third-order valence-electron chi connectivity index (χ3n) is 2.20. The molecule has 1 aromatic heterocycles. The first-order chi connectivity index (χ1) is 8.25. The van der Waals surface area contributed by atoms with Crippen molar-refractivity contribution in [2.45, 2.75) is 24.8 Å². The average molecular weight is 292 g/mol. The van der Waals surface area contributed by atoms with Gasteiger partial charge < -0.3 is 10.1 Å². The Labute approximate surface area is 110 Å². The van der Waals surface area contributed by atoms with E-state index in [-0.39, 0.29) is 16.8 Å². The zero-order valence-electron chi connectivity index (χ0n) is 10.4. The Morgan fingerprint density at radius 2 is 2.22 bits per heavy atom. The van der Waals surface area contributed by atoms with Gasteiger partial charge in [-0.05, 0) is 19.9 Å². The standard InChI is InChI=1S/C10H16N2O4S2/c1-6(5-16-3)12-10(13)8-4-9(7(2)17-8)18(11,14)15/h4,6H,5H2,1-3H3,(H,12,13)(H2,11,14,15). The van der Waals surface area contributed by atoms with Gasteiger partial charge in [-0.3, -0.25) is 4.79 Å². The molecular weight excluding hydrogens is 276 g/mol. The maximum atomic E-state index is 11.8. The Bertz CT molecular complexity index is 536. The van der Waals surface area contributed by atoms with Crippen LogP contribution in [0.4, 0.5) is 0 Å². The number of carbonyl (C=O) groups is 1. The molecule has 0 aliphatic heterocycles. The number of thiophene rings is 1. The summed E-state index contributed by atoms with van der Waals surface area (Å²) in [5.74, 6) is -0.331. The first-order valence-electron chi connectivity index (χ1n) is 5.18. The van der Waals surface area contributed by atoms with Crippen LogP contribution in [-0.2, 0) is 14.8 Å². The molecular formula is C10H16N2O4S2. The molecule has 1 amide bonds. The van der Waals surface area contributed by atoms with Crippen molar-refractivity contribution in [2.24, 2.45) is 5.14 Å². The van der Waals surface area contributed by atoms with Crippen LogP contribution >= 0.6 is 11.3 Å². The van der Waals surface area contributed by atoms with Crippen LogP contribution in [-0.4, -0.2) is 34.1 Å². The van der Waals surface area contributed by atoms with Gasteiger partial charge in [0.2, 0.25) is 10.0 Å². The highest BCUT2D eigenvalue weighted by Crippen LogP contribution is 2.24. The summed E-state index contributed by atoms with van der Waals surface area (Å²) in [6.07, 6.45) is 0. The lowest BCUT2D eigenvalue weighted by atomic mass is 10.3. The van der Waals surface area contributed by atoms with E-state index in [2.05, 4.69) is 5.32 Å². The van der Waals surface area contributed by atoms with E-state index < -0.39 is 10.0 Å². The number of methoxy groups -OCH3 is 1. The van der Waals surface area contributed by atoms with E-state index in [4.69, 9.17) is 9.88 Å². The molecule has 1 heterocycles. The highest BCUT2D eigenvalue weighted by Gasteiger charge is 2.19. The van der Waals surface area contributed by atoms with Gasteiger partial charge in [0, 0.05) is 18.0 Å². The smallest absolute Gasteiger partial charge is 0.261 e. The lowest BCUT2D eigenvalue weighted by Crippen LogP contribution is -2.35. The summed E-state index contributed by atoms with van der Waals surface area (Å²) in [6.45, 7) is 3.79. The van der Waals surface area contributed by atoms with Gasteiger partial charge in [-0.15, -0.1) is 11.3 Å². The number of hydrogen-bond donors (Lipinski definition) is 2. The first kappa shape index (κ1) is 15.1. The topological polar surface area (TPSA) is 98.5 Å². The third kappa shape index (κ3) is 3.77. The van der Waals surface area contributed by atoms with Crippen LogP contribution < -0.4 is 10.5 Å². The van der Waals surface area contributed by atoms with Gasteiger partial charge >= 0.3 is 0 Å². The molecule has 0 aliphatic rings. The minimum absolute atomic E-state index is 0.00274. The Hall–Kier alpha value is -0.960. The number of sulfonamides is 1. The summed E-state index contributed by atoms with van der Waals surface area (Å²) in [6, 6.07) is 1.15. The predicted molar refractivity (Wildman–Crippen MR) is 69.2 cm³/mol. The van der Waals surface area contributed by atoms with Crippen molar-refractivity contribution >= 4 is 27.3 Å².